The van der Waals surface area contributed by atoms with E-state index in [1.165, 1.54) is 88.4 Å². The predicted octanol–water partition coefficient (Wildman–Crippen LogP) is 2.52. The van der Waals surface area contributed by atoms with Crippen molar-refractivity contribution in [2.24, 2.45) is 0 Å². The van der Waals surface area contributed by atoms with Crippen LogP contribution in [-0.2, 0) is 26.2 Å². The molecule has 0 N–H and O–H groups in total. The van der Waals surface area contributed by atoms with E-state index >= 15 is 0 Å². The summed E-state index contributed by atoms with van der Waals surface area (Å²) < 4.78 is 0. The van der Waals surface area contributed by atoms with Gasteiger partial charge in [-0.2, -0.15) is 11.1 Å². The Morgan fingerprint density at radius 3 is 1.32 bits per heavy atom. The number of halogens is 2. The third-order valence-electron chi connectivity index (χ3n) is 7.61. The first-order valence-electron chi connectivity index (χ1n) is 12.1. The molecule has 2 heterocycles. The summed E-state index contributed by atoms with van der Waals surface area (Å²) in [6.07, 6.45) is 25.7. The molecule has 2 saturated heterocycles. The molecule has 0 spiro atoms. The Labute approximate surface area is 226 Å². The van der Waals surface area contributed by atoms with E-state index in [0.717, 1.165) is 0 Å². The zero-order chi connectivity index (χ0) is 20.0. The van der Waals surface area contributed by atoms with Crippen molar-refractivity contribution in [3.05, 3.63) is 45.8 Å². The van der Waals surface area contributed by atoms with Gasteiger partial charge in [-0.25, -0.2) is 22.5 Å². The quantitative estimate of drug-likeness (QED) is 0.310. The molecule has 4 aliphatic rings. The molecule has 31 heavy (non-hydrogen) atoms. The van der Waals surface area contributed by atoms with Crippen LogP contribution in [0.25, 0.3) is 0 Å². The molecule has 0 atom stereocenters. The fourth-order valence-electron chi connectivity index (χ4n) is 4.89. The maximum atomic E-state index is 3.71. The zero-order valence-electron chi connectivity index (χ0n) is 20.3. The van der Waals surface area contributed by atoms with Gasteiger partial charge in [-0.05, 0) is 0 Å². The van der Waals surface area contributed by atoms with E-state index in [-0.39, 0.29) is 51.0 Å². The molecule has 2 aliphatic heterocycles. The molecule has 0 amide bonds. The number of hydrogen-bond acceptors (Lipinski definition) is 0. The van der Waals surface area contributed by atoms with Gasteiger partial charge in [-0.3, -0.25) is 12.2 Å². The molecular formula is C26H42Cl2Si2Zr. The Morgan fingerprint density at radius 2 is 1.06 bits per heavy atom. The van der Waals surface area contributed by atoms with E-state index in [1.54, 1.807) is 21.5 Å². The third kappa shape index (κ3) is 8.54. The van der Waals surface area contributed by atoms with Gasteiger partial charge in [0.25, 0.3) is 0 Å². The van der Waals surface area contributed by atoms with E-state index in [1.807, 2.05) is 0 Å². The van der Waals surface area contributed by atoms with E-state index < -0.39 is 16.1 Å². The normalized spacial score (nSPS) is 21.8. The van der Waals surface area contributed by atoms with Crippen molar-refractivity contribution in [3.63, 3.8) is 0 Å². The van der Waals surface area contributed by atoms with Crippen LogP contribution in [0.3, 0.4) is 0 Å². The minimum atomic E-state index is -0.916. The van der Waals surface area contributed by atoms with Crippen LogP contribution in [0.5, 0.6) is 0 Å². The van der Waals surface area contributed by atoms with Crippen LogP contribution in [0.15, 0.2) is 33.7 Å². The summed E-state index contributed by atoms with van der Waals surface area (Å²) in [5, 5.41) is 3.32. The van der Waals surface area contributed by atoms with Crippen molar-refractivity contribution in [2.75, 3.05) is 0 Å². The Morgan fingerprint density at radius 1 is 0.710 bits per heavy atom. The second kappa shape index (κ2) is 15.0. The first kappa shape index (κ1) is 31.9. The van der Waals surface area contributed by atoms with E-state index in [2.05, 4.69) is 51.2 Å². The van der Waals surface area contributed by atoms with Crippen molar-refractivity contribution in [3.8, 4) is 0 Å². The molecule has 4 rings (SSSR count). The number of rotatable bonds is 8. The van der Waals surface area contributed by atoms with Crippen LogP contribution in [0.2, 0.25) is 37.3 Å². The summed E-state index contributed by atoms with van der Waals surface area (Å²) in [6.45, 7) is 9.62. The van der Waals surface area contributed by atoms with Gasteiger partial charge < -0.3 is 24.8 Å². The molecule has 2 aliphatic carbocycles. The number of allylic oxidation sites excluding steroid dienone is 8. The summed E-state index contributed by atoms with van der Waals surface area (Å²) in [6, 6.07) is 6.08. The first-order valence-corrected chi connectivity index (χ1v) is 18.0. The van der Waals surface area contributed by atoms with Gasteiger partial charge in [0.2, 0.25) is 0 Å². The van der Waals surface area contributed by atoms with Gasteiger partial charge in [-0.1, -0.05) is 115 Å². The van der Waals surface area contributed by atoms with Crippen LogP contribution in [0.4, 0.5) is 0 Å². The second-order valence-corrected chi connectivity index (χ2v) is 19.5. The molecule has 5 heteroatoms. The maximum absolute atomic E-state index is 3.71. The Kier molecular flexibility index (Phi) is 15.4. The third-order valence-corrected chi connectivity index (χ3v) is 16.7. The largest absolute Gasteiger partial charge is 4.00 e. The summed E-state index contributed by atoms with van der Waals surface area (Å²) >= 11 is 0. The topological polar surface area (TPSA) is 0 Å². The minimum absolute atomic E-state index is 0. The molecule has 0 aromatic heterocycles. The fraction of sp³-hybridized carbons (Fsp3) is 0.692. The monoisotopic (exact) mass is 570 g/mol. The summed E-state index contributed by atoms with van der Waals surface area (Å²) in [5.74, 6) is 0. The standard InChI is InChI=1S/2C13H21Si.2ClH.Zr/c2*1-3-4-6-12-7-8-13(11-12)14(2)9-5-10-14;;;/h2*8H,3-7,9-10H2,1-2H3;2*1H;/q2*-1;;;+4/p-2. The Balaban J connectivity index is 0.000000529. The molecule has 0 aromatic rings. The van der Waals surface area contributed by atoms with Crippen LogP contribution in [0.1, 0.15) is 78.1 Å². The Bertz CT molecular complexity index is 613. The van der Waals surface area contributed by atoms with Crippen LogP contribution in [0, 0.1) is 12.2 Å². The zero-order valence-corrected chi connectivity index (χ0v) is 26.3. The average Bonchev–Trinajstić information content (AvgIpc) is 3.31. The first-order chi connectivity index (χ1) is 13.5. The molecule has 0 aromatic carbocycles. The van der Waals surface area contributed by atoms with Gasteiger partial charge in [0, 0.05) is 16.1 Å². The van der Waals surface area contributed by atoms with Crippen molar-refractivity contribution in [1.29, 1.82) is 0 Å². The number of unbranched alkanes of at least 4 members (excludes halogenated alkanes) is 2. The summed E-state index contributed by atoms with van der Waals surface area (Å²) in [4.78, 5) is 0. The second-order valence-electron chi connectivity index (χ2n) is 10.1. The van der Waals surface area contributed by atoms with Crippen LogP contribution in [-0.4, -0.2) is 16.1 Å². The van der Waals surface area contributed by atoms with Crippen LogP contribution >= 0.6 is 0 Å². The van der Waals surface area contributed by atoms with Crippen LogP contribution < -0.4 is 24.8 Å². The predicted molar refractivity (Wildman–Crippen MR) is 130 cm³/mol. The molecule has 0 saturated carbocycles. The smallest absolute Gasteiger partial charge is 1.00 e. The molecule has 172 valence electrons. The van der Waals surface area contributed by atoms with Gasteiger partial charge in [0.05, 0.1) is 0 Å². The molecule has 0 radical (unpaired) electrons. The minimum Gasteiger partial charge on any atom is -1.00 e. The van der Waals surface area contributed by atoms with Crippen molar-refractivity contribution < 1.29 is 51.0 Å². The van der Waals surface area contributed by atoms with Gasteiger partial charge in [0.15, 0.2) is 0 Å². The SMILES string of the molecule is CCCCC1=[C-]C([Si]2(C)CCC2)=CC1.CCCCC1=[C-]C([Si]2(C)CCC2)=CC1.[Cl-].[Cl-].[Zr+4]. The summed E-state index contributed by atoms with van der Waals surface area (Å²) in [5.41, 5.74) is 3.17. The molecule has 0 nitrogen and oxygen atoms in total. The molecule has 0 bridgehead atoms. The summed E-state index contributed by atoms with van der Waals surface area (Å²) in [7, 11) is -1.83. The van der Waals surface area contributed by atoms with E-state index in [9.17, 15) is 0 Å². The van der Waals surface area contributed by atoms with Gasteiger partial charge in [-0.15, -0.1) is 0 Å². The fourth-order valence-corrected chi connectivity index (χ4v) is 10.9. The van der Waals surface area contributed by atoms with Crippen molar-refractivity contribution in [2.45, 2.75) is 115 Å². The molecule has 0 unspecified atom stereocenters. The molecular weight excluding hydrogens is 531 g/mol. The van der Waals surface area contributed by atoms with Crippen molar-refractivity contribution >= 4 is 16.1 Å². The average molecular weight is 573 g/mol. The number of hydrogen-bond donors (Lipinski definition) is 0. The Hall–Kier alpha value is 0.857. The van der Waals surface area contributed by atoms with Crippen molar-refractivity contribution in [1.82, 2.24) is 0 Å². The van der Waals surface area contributed by atoms with E-state index in [0.29, 0.717) is 0 Å². The van der Waals surface area contributed by atoms with Gasteiger partial charge in [0.1, 0.15) is 0 Å². The molecule has 2 fully saturated rings. The van der Waals surface area contributed by atoms with E-state index in [4.69, 9.17) is 0 Å². The maximum Gasteiger partial charge on any atom is 4.00 e. The van der Waals surface area contributed by atoms with Gasteiger partial charge >= 0.3 is 26.2 Å².